The Morgan fingerprint density at radius 2 is 2.19 bits per heavy atom. The van der Waals surface area contributed by atoms with Crippen molar-refractivity contribution in [3.63, 3.8) is 0 Å². The lowest BCUT2D eigenvalue weighted by molar-refractivity contribution is 0.115. The van der Waals surface area contributed by atoms with Gasteiger partial charge in [-0.15, -0.1) is 0 Å². The van der Waals surface area contributed by atoms with Gasteiger partial charge >= 0.3 is 0 Å². The highest BCUT2D eigenvalue weighted by Gasteiger charge is 2.21. The molecule has 2 heterocycles. The molecule has 0 unspecified atom stereocenters. The molecule has 0 aromatic carbocycles. The monoisotopic (exact) mass is 370 g/mol. The molecular weight excluding hydrogens is 340 g/mol. The van der Waals surface area contributed by atoms with E-state index in [0.29, 0.717) is 6.54 Å². The fraction of sp³-hybridized carbons (Fsp3) is 0.550. The van der Waals surface area contributed by atoms with E-state index >= 15 is 0 Å². The van der Waals surface area contributed by atoms with Gasteiger partial charge in [-0.25, -0.2) is 9.67 Å². The van der Waals surface area contributed by atoms with Crippen LogP contribution in [0.5, 0.6) is 0 Å². The number of rotatable bonds is 8. The van der Waals surface area contributed by atoms with Gasteiger partial charge in [0.05, 0.1) is 12.3 Å². The summed E-state index contributed by atoms with van der Waals surface area (Å²) in [5.41, 5.74) is 3.17. The second kappa shape index (κ2) is 8.99. The number of guanidine groups is 1. The Morgan fingerprint density at radius 3 is 2.78 bits per heavy atom. The van der Waals surface area contributed by atoms with Crippen LogP contribution in [0.3, 0.4) is 0 Å². The summed E-state index contributed by atoms with van der Waals surface area (Å²) in [5, 5.41) is 7.85. The average Bonchev–Trinajstić information content (AvgIpc) is 3.42. The fourth-order valence-corrected chi connectivity index (χ4v) is 2.92. The normalized spacial score (nSPS) is 14.4. The van der Waals surface area contributed by atoms with Crippen LogP contribution in [0.15, 0.2) is 29.4 Å². The van der Waals surface area contributed by atoms with Crippen molar-refractivity contribution < 1.29 is 4.74 Å². The molecule has 2 aromatic heterocycles. The van der Waals surface area contributed by atoms with Gasteiger partial charge in [-0.05, 0) is 50.3 Å². The van der Waals surface area contributed by atoms with E-state index in [9.17, 15) is 0 Å². The van der Waals surface area contributed by atoms with Crippen molar-refractivity contribution in [3.8, 4) is 5.82 Å². The number of likely N-dealkylation sites (N-methyl/N-ethyl adjacent to an activating group) is 1. The van der Waals surface area contributed by atoms with Crippen molar-refractivity contribution in [1.29, 1.82) is 0 Å². The van der Waals surface area contributed by atoms with E-state index in [0.717, 1.165) is 54.4 Å². The van der Waals surface area contributed by atoms with E-state index < -0.39 is 0 Å². The summed E-state index contributed by atoms with van der Waals surface area (Å²) < 4.78 is 7.57. The molecule has 0 saturated heterocycles. The minimum Gasteiger partial charge on any atom is -0.379 e. The Balaban J connectivity index is 1.48. The van der Waals surface area contributed by atoms with E-state index in [1.807, 2.05) is 43.9 Å². The molecule has 0 spiro atoms. The lowest BCUT2D eigenvalue weighted by Gasteiger charge is -2.22. The number of aromatic nitrogens is 3. The Labute approximate surface area is 161 Å². The zero-order chi connectivity index (χ0) is 19.2. The Bertz CT molecular complexity index is 763. The van der Waals surface area contributed by atoms with Crippen molar-refractivity contribution in [2.45, 2.75) is 33.2 Å². The van der Waals surface area contributed by atoms with Gasteiger partial charge in [0, 0.05) is 45.7 Å². The molecule has 2 aromatic rings. The standard InChI is InChI=1S/C20H30N6O/c1-15-11-16(2)26(24-15)19-8-7-18(12-22-19)13-23-20(21-3)25(4)9-10-27-14-17-5-6-17/h7-8,11-12,17H,5-6,9-10,13-14H2,1-4H3,(H,21,23). The highest BCUT2D eigenvalue weighted by atomic mass is 16.5. The quantitative estimate of drug-likeness (QED) is 0.439. The fourth-order valence-electron chi connectivity index (χ4n) is 2.92. The van der Waals surface area contributed by atoms with Gasteiger partial charge in [0.15, 0.2) is 11.8 Å². The van der Waals surface area contributed by atoms with Gasteiger partial charge in [0.25, 0.3) is 0 Å². The largest absolute Gasteiger partial charge is 0.379 e. The van der Waals surface area contributed by atoms with Gasteiger partial charge in [-0.2, -0.15) is 5.10 Å². The van der Waals surface area contributed by atoms with E-state index in [-0.39, 0.29) is 0 Å². The summed E-state index contributed by atoms with van der Waals surface area (Å²) in [6.07, 6.45) is 4.53. The van der Waals surface area contributed by atoms with Crippen LogP contribution in [-0.4, -0.2) is 59.5 Å². The van der Waals surface area contributed by atoms with E-state index in [2.05, 4.69) is 31.4 Å². The molecule has 0 bridgehead atoms. The molecule has 1 saturated carbocycles. The van der Waals surface area contributed by atoms with Crippen LogP contribution in [0.25, 0.3) is 5.82 Å². The first-order valence-corrected chi connectivity index (χ1v) is 9.55. The second-order valence-corrected chi connectivity index (χ2v) is 7.20. The summed E-state index contributed by atoms with van der Waals surface area (Å²) in [5.74, 6) is 2.49. The van der Waals surface area contributed by atoms with Gasteiger partial charge in [-0.1, -0.05) is 6.07 Å². The molecule has 1 aliphatic rings. The number of pyridine rings is 1. The average molecular weight is 371 g/mol. The third-order valence-corrected chi connectivity index (χ3v) is 4.68. The topological polar surface area (TPSA) is 67.6 Å². The molecule has 0 atom stereocenters. The van der Waals surface area contributed by atoms with Crippen molar-refractivity contribution in [2.75, 3.05) is 33.9 Å². The lowest BCUT2D eigenvalue weighted by atomic mass is 10.3. The zero-order valence-electron chi connectivity index (χ0n) is 16.8. The van der Waals surface area contributed by atoms with Crippen LogP contribution in [0.1, 0.15) is 29.8 Å². The maximum absolute atomic E-state index is 5.71. The molecule has 3 rings (SSSR count). The first-order chi connectivity index (χ1) is 13.1. The predicted molar refractivity (Wildman–Crippen MR) is 107 cm³/mol. The summed E-state index contributed by atoms with van der Waals surface area (Å²) in [6.45, 7) is 7.14. The van der Waals surface area contributed by atoms with Crippen LogP contribution >= 0.6 is 0 Å². The predicted octanol–water partition coefficient (Wildman–Crippen LogP) is 2.32. The van der Waals surface area contributed by atoms with Crippen molar-refractivity contribution in [3.05, 3.63) is 41.3 Å². The molecular formula is C20H30N6O. The van der Waals surface area contributed by atoms with Crippen LogP contribution in [0.4, 0.5) is 0 Å². The second-order valence-electron chi connectivity index (χ2n) is 7.20. The Hall–Kier alpha value is -2.41. The van der Waals surface area contributed by atoms with Crippen LogP contribution < -0.4 is 5.32 Å². The molecule has 1 N–H and O–H groups in total. The van der Waals surface area contributed by atoms with E-state index in [1.54, 1.807) is 7.05 Å². The number of hydrogen-bond acceptors (Lipinski definition) is 4. The van der Waals surface area contributed by atoms with Crippen molar-refractivity contribution in [2.24, 2.45) is 10.9 Å². The van der Waals surface area contributed by atoms with Crippen LogP contribution in [0, 0.1) is 19.8 Å². The van der Waals surface area contributed by atoms with Gasteiger partial charge in [0.2, 0.25) is 0 Å². The molecule has 1 aliphatic carbocycles. The Morgan fingerprint density at radius 1 is 1.37 bits per heavy atom. The number of aryl methyl sites for hydroxylation is 2. The molecule has 146 valence electrons. The molecule has 0 amide bonds. The number of aliphatic imine (C=N–C) groups is 1. The van der Waals surface area contributed by atoms with E-state index in [4.69, 9.17) is 4.74 Å². The number of nitrogens with one attached hydrogen (secondary N) is 1. The molecule has 1 fully saturated rings. The van der Waals surface area contributed by atoms with E-state index in [1.165, 1.54) is 12.8 Å². The maximum atomic E-state index is 5.71. The highest BCUT2D eigenvalue weighted by Crippen LogP contribution is 2.28. The summed E-state index contributed by atoms with van der Waals surface area (Å²) in [7, 11) is 3.83. The zero-order valence-corrected chi connectivity index (χ0v) is 16.8. The number of hydrogen-bond donors (Lipinski definition) is 1. The van der Waals surface area contributed by atoms with Crippen molar-refractivity contribution in [1.82, 2.24) is 25.0 Å². The minimum absolute atomic E-state index is 0.671. The molecule has 0 radical (unpaired) electrons. The smallest absolute Gasteiger partial charge is 0.193 e. The SMILES string of the molecule is CN=C(NCc1ccc(-n2nc(C)cc2C)nc1)N(C)CCOCC1CC1. The minimum atomic E-state index is 0.671. The third-order valence-electron chi connectivity index (χ3n) is 4.68. The number of ether oxygens (including phenoxy) is 1. The Kier molecular flexibility index (Phi) is 6.45. The van der Waals surface area contributed by atoms with Crippen LogP contribution in [0.2, 0.25) is 0 Å². The van der Waals surface area contributed by atoms with Crippen molar-refractivity contribution >= 4 is 5.96 Å². The van der Waals surface area contributed by atoms with Crippen LogP contribution in [-0.2, 0) is 11.3 Å². The third kappa shape index (κ3) is 5.53. The van der Waals surface area contributed by atoms with Gasteiger partial charge < -0.3 is 15.0 Å². The maximum Gasteiger partial charge on any atom is 0.193 e. The summed E-state index contributed by atoms with van der Waals surface area (Å²) in [4.78, 5) is 11.0. The summed E-state index contributed by atoms with van der Waals surface area (Å²) >= 11 is 0. The first-order valence-electron chi connectivity index (χ1n) is 9.55. The molecule has 7 heteroatoms. The molecule has 0 aliphatic heterocycles. The van der Waals surface area contributed by atoms with Gasteiger partial charge in [0.1, 0.15) is 0 Å². The van der Waals surface area contributed by atoms with Gasteiger partial charge in [-0.3, -0.25) is 4.99 Å². The molecule has 7 nitrogen and oxygen atoms in total. The summed E-state index contributed by atoms with van der Waals surface area (Å²) in [6, 6.07) is 6.11. The molecule has 27 heavy (non-hydrogen) atoms. The highest BCUT2D eigenvalue weighted by molar-refractivity contribution is 5.79. The number of nitrogens with zero attached hydrogens (tertiary/aromatic N) is 5. The first kappa shape index (κ1) is 19.4. The lowest BCUT2D eigenvalue weighted by Crippen LogP contribution is -2.40.